The van der Waals surface area contributed by atoms with Gasteiger partial charge in [-0.25, -0.2) is 4.98 Å². The van der Waals surface area contributed by atoms with E-state index in [-0.39, 0.29) is 0 Å². The fraction of sp³-hybridized carbons (Fsp3) is 0.692. The fourth-order valence-electron chi connectivity index (χ4n) is 3.23. The van der Waals surface area contributed by atoms with E-state index >= 15 is 0 Å². The fourth-order valence-corrected chi connectivity index (χ4v) is 3.44. The van der Waals surface area contributed by atoms with Gasteiger partial charge in [0.25, 0.3) is 0 Å². The van der Waals surface area contributed by atoms with Crippen molar-refractivity contribution >= 4 is 23.4 Å². The van der Waals surface area contributed by atoms with Crippen LogP contribution in [-0.4, -0.2) is 29.6 Å². The molecule has 18 heavy (non-hydrogen) atoms. The van der Waals surface area contributed by atoms with Crippen molar-refractivity contribution in [1.29, 1.82) is 0 Å². The van der Waals surface area contributed by atoms with E-state index in [9.17, 15) is 0 Å². The van der Waals surface area contributed by atoms with E-state index in [1.165, 1.54) is 19.3 Å². The second-order valence-electron chi connectivity index (χ2n) is 5.25. The number of hydrogen-bond donors (Lipinski definition) is 1. The Bertz CT molecular complexity index is 425. The van der Waals surface area contributed by atoms with Crippen molar-refractivity contribution in [2.45, 2.75) is 26.2 Å². The Labute approximate surface area is 113 Å². The maximum absolute atomic E-state index is 6.24. The molecular weight excluding hydrogens is 248 g/mol. The Morgan fingerprint density at radius 2 is 2.11 bits per heavy atom. The van der Waals surface area contributed by atoms with Gasteiger partial charge in [-0.2, -0.15) is 4.98 Å². The quantitative estimate of drug-likeness (QED) is 0.913. The third-order valence-electron chi connectivity index (χ3n) is 4.09. The van der Waals surface area contributed by atoms with E-state index in [1.807, 2.05) is 6.92 Å². The Balaban J connectivity index is 1.81. The van der Waals surface area contributed by atoms with Gasteiger partial charge in [0.15, 0.2) is 5.82 Å². The minimum absolute atomic E-state index is 0.664. The molecule has 1 aliphatic carbocycles. The van der Waals surface area contributed by atoms with Gasteiger partial charge in [0.05, 0.1) is 6.20 Å². The summed E-state index contributed by atoms with van der Waals surface area (Å²) in [5.41, 5.74) is 0. The standard InChI is InChI=1S/C13H19ClN4/c1-2-15-13-16-6-11(14)12(17-13)18-7-9-4-3-5-10(9)8-18/h6,9-10H,2-5,7-8H2,1H3,(H,15,16,17). The number of anilines is 2. The molecule has 0 radical (unpaired) electrons. The zero-order valence-electron chi connectivity index (χ0n) is 10.7. The highest BCUT2D eigenvalue weighted by Crippen LogP contribution is 2.40. The number of fused-ring (bicyclic) bond motifs is 1. The molecule has 2 atom stereocenters. The smallest absolute Gasteiger partial charge is 0.224 e. The van der Waals surface area contributed by atoms with Gasteiger partial charge in [-0.05, 0) is 31.6 Å². The van der Waals surface area contributed by atoms with Crippen LogP contribution in [0.15, 0.2) is 6.20 Å². The van der Waals surface area contributed by atoms with Crippen molar-refractivity contribution in [3.63, 3.8) is 0 Å². The van der Waals surface area contributed by atoms with Gasteiger partial charge < -0.3 is 10.2 Å². The maximum atomic E-state index is 6.24. The number of rotatable bonds is 3. The molecule has 1 saturated carbocycles. The molecule has 2 aliphatic rings. The highest BCUT2D eigenvalue weighted by molar-refractivity contribution is 6.32. The molecule has 0 bridgehead atoms. The van der Waals surface area contributed by atoms with Crippen LogP contribution in [0.25, 0.3) is 0 Å². The summed E-state index contributed by atoms with van der Waals surface area (Å²) in [4.78, 5) is 11.1. The second kappa shape index (κ2) is 4.92. The van der Waals surface area contributed by atoms with Crippen molar-refractivity contribution in [3.05, 3.63) is 11.2 Å². The van der Waals surface area contributed by atoms with Crippen LogP contribution in [0.4, 0.5) is 11.8 Å². The molecule has 0 spiro atoms. The molecule has 2 heterocycles. The van der Waals surface area contributed by atoms with Gasteiger partial charge in [0.1, 0.15) is 5.02 Å². The average molecular weight is 267 g/mol. The summed E-state index contributed by atoms with van der Waals surface area (Å²) >= 11 is 6.24. The lowest BCUT2D eigenvalue weighted by molar-refractivity contribution is 0.494. The Morgan fingerprint density at radius 1 is 1.39 bits per heavy atom. The van der Waals surface area contributed by atoms with Crippen LogP contribution < -0.4 is 10.2 Å². The van der Waals surface area contributed by atoms with Crippen LogP contribution in [-0.2, 0) is 0 Å². The highest BCUT2D eigenvalue weighted by Gasteiger charge is 2.37. The maximum Gasteiger partial charge on any atom is 0.224 e. The van der Waals surface area contributed by atoms with Crippen molar-refractivity contribution < 1.29 is 0 Å². The lowest BCUT2D eigenvalue weighted by atomic mass is 10.0. The third kappa shape index (κ3) is 2.14. The van der Waals surface area contributed by atoms with Gasteiger partial charge in [-0.1, -0.05) is 18.0 Å². The van der Waals surface area contributed by atoms with E-state index in [1.54, 1.807) is 6.20 Å². The first kappa shape index (κ1) is 12.0. The minimum Gasteiger partial charge on any atom is -0.355 e. The van der Waals surface area contributed by atoms with Crippen LogP contribution in [0, 0.1) is 11.8 Å². The molecular formula is C13H19ClN4. The molecule has 0 aromatic carbocycles. The molecule has 1 aromatic rings. The Morgan fingerprint density at radius 3 is 2.78 bits per heavy atom. The first-order valence-electron chi connectivity index (χ1n) is 6.79. The third-order valence-corrected chi connectivity index (χ3v) is 4.35. The van der Waals surface area contributed by atoms with Crippen molar-refractivity contribution in [2.75, 3.05) is 29.9 Å². The van der Waals surface area contributed by atoms with Gasteiger partial charge in [0.2, 0.25) is 5.95 Å². The number of nitrogens with zero attached hydrogens (tertiary/aromatic N) is 3. The van der Waals surface area contributed by atoms with Crippen LogP contribution >= 0.6 is 11.6 Å². The van der Waals surface area contributed by atoms with Crippen LogP contribution in [0.5, 0.6) is 0 Å². The van der Waals surface area contributed by atoms with E-state index in [2.05, 4.69) is 20.2 Å². The van der Waals surface area contributed by atoms with Gasteiger partial charge in [-0.15, -0.1) is 0 Å². The van der Waals surface area contributed by atoms with Crippen LogP contribution in [0.1, 0.15) is 26.2 Å². The summed E-state index contributed by atoms with van der Waals surface area (Å²) in [6.45, 7) is 5.07. The van der Waals surface area contributed by atoms with Gasteiger partial charge >= 0.3 is 0 Å². The molecule has 1 aliphatic heterocycles. The lowest BCUT2D eigenvalue weighted by Gasteiger charge is -2.20. The predicted octanol–water partition coefficient (Wildman–Crippen LogP) is 2.80. The molecule has 0 amide bonds. The zero-order chi connectivity index (χ0) is 12.5. The normalized spacial score (nSPS) is 26.4. The molecule has 1 N–H and O–H groups in total. The first-order valence-corrected chi connectivity index (χ1v) is 7.17. The second-order valence-corrected chi connectivity index (χ2v) is 5.66. The van der Waals surface area contributed by atoms with Crippen LogP contribution in [0.2, 0.25) is 5.02 Å². The van der Waals surface area contributed by atoms with Crippen molar-refractivity contribution in [1.82, 2.24) is 9.97 Å². The zero-order valence-corrected chi connectivity index (χ0v) is 11.5. The predicted molar refractivity (Wildman–Crippen MR) is 74.2 cm³/mol. The van der Waals surface area contributed by atoms with Crippen LogP contribution in [0.3, 0.4) is 0 Å². The van der Waals surface area contributed by atoms with Crippen molar-refractivity contribution in [2.24, 2.45) is 11.8 Å². The van der Waals surface area contributed by atoms with Crippen molar-refractivity contribution in [3.8, 4) is 0 Å². The molecule has 2 fully saturated rings. The largest absolute Gasteiger partial charge is 0.355 e. The number of hydrogen-bond acceptors (Lipinski definition) is 4. The summed E-state index contributed by atoms with van der Waals surface area (Å²) in [5, 5.41) is 3.81. The van der Waals surface area contributed by atoms with E-state index in [0.717, 1.165) is 37.3 Å². The molecule has 2 unspecified atom stereocenters. The summed E-state index contributed by atoms with van der Waals surface area (Å²) in [6.07, 6.45) is 5.83. The molecule has 3 rings (SSSR count). The topological polar surface area (TPSA) is 41.1 Å². The van der Waals surface area contributed by atoms with E-state index in [4.69, 9.17) is 11.6 Å². The molecule has 1 aromatic heterocycles. The molecule has 1 saturated heterocycles. The van der Waals surface area contributed by atoms with E-state index in [0.29, 0.717) is 11.0 Å². The van der Waals surface area contributed by atoms with Gasteiger partial charge in [0, 0.05) is 19.6 Å². The molecule has 4 nitrogen and oxygen atoms in total. The summed E-state index contributed by atoms with van der Waals surface area (Å²) < 4.78 is 0. The first-order chi connectivity index (χ1) is 8.78. The summed E-state index contributed by atoms with van der Waals surface area (Å²) in [6, 6.07) is 0. The molecule has 5 heteroatoms. The monoisotopic (exact) mass is 266 g/mol. The summed E-state index contributed by atoms with van der Waals surface area (Å²) in [5.74, 6) is 3.27. The van der Waals surface area contributed by atoms with E-state index < -0.39 is 0 Å². The van der Waals surface area contributed by atoms with Gasteiger partial charge in [-0.3, -0.25) is 0 Å². The minimum atomic E-state index is 0.664. The number of halogens is 1. The Hall–Kier alpha value is -1.03. The lowest BCUT2D eigenvalue weighted by Crippen LogP contribution is -2.23. The Kier molecular flexibility index (Phi) is 3.29. The SMILES string of the molecule is CCNc1ncc(Cl)c(N2CC3CCCC3C2)n1. The molecule has 98 valence electrons. The average Bonchev–Trinajstić information content (AvgIpc) is 2.92. The summed E-state index contributed by atoms with van der Waals surface area (Å²) in [7, 11) is 0. The number of nitrogens with one attached hydrogen (secondary N) is 1. The highest BCUT2D eigenvalue weighted by atomic mass is 35.5. The number of aromatic nitrogens is 2.